The Hall–Kier alpha value is -3.00. The third kappa shape index (κ3) is 16.7. The van der Waals surface area contributed by atoms with Crippen molar-refractivity contribution in [3.8, 4) is 0 Å². The average Bonchev–Trinajstić information content (AvgIpc) is 3.71. The lowest BCUT2D eigenvalue weighted by Gasteiger charge is -2.30. The van der Waals surface area contributed by atoms with E-state index in [-0.39, 0.29) is 53.8 Å². The quantitative estimate of drug-likeness (QED) is 0.0364. The number of anilines is 1. The van der Waals surface area contributed by atoms with Gasteiger partial charge in [-0.05, 0) is 12.8 Å². The summed E-state index contributed by atoms with van der Waals surface area (Å²) in [7, 11) is -16.4. The van der Waals surface area contributed by atoms with Gasteiger partial charge in [0.15, 0.2) is 22.8 Å². The number of phosphoric acid groups is 3. The largest absolute Gasteiger partial charge is 0.481 e. The van der Waals surface area contributed by atoms with Gasteiger partial charge >= 0.3 is 23.5 Å². The first kappa shape index (κ1) is 51.4. The van der Waals surface area contributed by atoms with Crippen LogP contribution in [0.4, 0.5) is 5.82 Å². The van der Waals surface area contributed by atoms with E-state index in [9.17, 15) is 63.0 Å². The van der Waals surface area contributed by atoms with Gasteiger partial charge in [-0.2, -0.15) is 4.31 Å². The normalized spacial score (nSPS) is 21.8. The van der Waals surface area contributed by atoms with Crippen LogP contribution in [0, 0.1) is 5.41 Å². The topological polar surface area (TPSA) is 384 Å². The Morgan fingerprint density at radius 1 is 1.03 bits per heavy atom. The number of nitrogens with one attached hydrogen (secondary N) is 2. The van der Waals surface area contributed by atoms with Crippen LogP contribution >= 0.6 is 35.2 Å². The maximum atomic E-state index is 12.7. The smallest absolute Gasteiger partial charge is 0.392 e. The SMILES string of the molecule is CC/C=C/C=C/CC(O)CC(=O)SCCNC(=O)CCNC(=O)C(O)C(C)(C)COP(=O)(O)OP(=O)(O)OCC1OC(n2cnc3c(N)ncnc32)C(O)C1OP(=O)(O)O. The van der Waals surface area contributed by atoms with Crippen LogP contribution in [0.3, 0.4) is 0 Å². The number of ether oxygens (including phenoxy) is 1. The number of hydrogen-bond acceptors (Lipinski definition) is 19. The molecule has 0 spiro atoms. The highest BCUT2D eigenvalue weighted by Gasteiger charge is 2.50. The minimum absolute atomic E-state index is 0.0249. The van der Waals surface area contributed by atoms with Crippen LogP contribution < -0.4 is 16.4 Å². The molecule has 0 saturated carbocycles. The number of nitrogens with zero attached hydrogens (tertiary/aromatic N) is 4. The van der Waals surface area contributed by atoms with Gasteiger partial charge in [-0.3, -0.25) is 32.5 Å². The number of imidazole rings is 1. The fourth-order valence-electron chi connectivity index (χ4n) is 5.16. The zero-order valence-corrected chi connectivity index (χ0v) is 36.0. The summed E-state index contributed by atoms with van der Waals surface area (Å²) in [6.07, 6.45) is 0.648. The van der Waals surface area contributed by atoms with Crippen molar-refractivity contribution in [1.82, 2.24) is 30.2 Å². The molecule has 11 N–H and O–H groups in total. The van der Waals surface area contributed by atoms with Gasteiger partial charge in [-0.25, -0.2) is 28.6 Å². The second-order valence-electron chi connectivity index (χ2n) is 13.6. The standard InChI is InChI=1S/C31H50N7O18P3S/c1-4-5-6-7-8-9-19(39)14-22(41)60-13-12-33-21(40)10-11-34-29(44)26(43)31(2,3)16-53-59(50,51)56-58(48,49)52-15-20-25(55-57(45,46)47)24(42)30(54-20)38-18-37-23-27(32)35-17-36-28(23)38/h5-8,17-20,24-26,30,39,42-43H,4,9-16H2,1-3H3,(H,33,40)(H,34,44)(H,48,49)(H,50,51)(H2,32,35,36)(H2,45,46,47)/b6-5+,8-7+. The van der Waals surface area contributed by atoms with Gasteiger partial charge in [-0.15, -0.1) is 0 Å². The number of carbonyl (C=O) groups excluding carboxylic acids is 3. The molecule has 0 bridgehead atoms. The highest BCUT2D eigenvalue weighted by molar-refractivity contribution is 8.13. The summed E-state index contributed by atoms with van der Waals surface area (Å²) >= 11 is 0.948. The van der Waals surface area contributed by atoms with Crippen molar-refractivity contribution in [2.45, 2.75) is 83.2 Å². The molecule has 2 aromatic rings. The number of allylic oxidation sites excluding steroid dienone is 3. The number of hydrogen-bond donors (Lipinski definition) is 10. The molecule has 3 rings (SSSR count). The molecule has 1 aliphatic heterocycles. The Balaban J connectivity index is 1.43. The second-order valence-corrected chi connectivity index (χ2v) is 19.0. The van der Waals surface area contributed by atoms with Gasteiger partial charge in [0.25, 0.3) is 0 Å². The van der Waals surface area contributed by atoms with Crippen molar-refractivity contribution < 1.29 is 85.6 Å². The van der Waals surface area contributed by atoms with E-state index in [1.165, 1.54) is 13.8 Å². The molecule has 29 heteroatoms. The Labute approximate surface area is 347 Å². The maximum Gasteiger partial charge on any atom is 0.481 e. The van der Waals surface area contributed by atoms with E-state index < -0.39 is 90.7 Å². The predicted molar refractivity (Wildman–Crippen MR) is 211 cm³/mol. The van der Waals surface area contributed by atoms with Crippen molar-refractivity contribution in [3.05, 3.63) is 37.0 Å². The number of thioether (sulfide) groups is 1. The van der Waals surface area contributed by atoms with Crippen LogP contribution in [0.25, 0.3) is 11.2 Å². The van der Waals surface area contributed by atoms with Crippen molar-refractivity contribution in [2.24, 2.45) is 5.41 Å². The zero-order valence-electron chi connectivity index (χ0n) is 32.5. The summed E-state index contributed by atoms with van der Waals surface area (Å²) in [6, 6.07) is 0. The molecule has 25 nitrogen and oxygen atoms in total. The summed E-state index contributed by atoms with van der Waals surface area (Å²) in [5, 5.41) is 36.1. The Kier molecular flexibility index (Phi) is 19.6. The number of carbonyl (C=O) groups is 3. The Bertz CT molecular complexity index is 1980. The lowest BCUT2D eigenvalue weighted by atomic mass is 9.87. The maximum absolute atomic E-state index is 12.7. The summed E-state index contributed by atoms with van der Waals surface area (Å²) in [4.78, 5) is 87.8. The van der Waals surface area contributed by atoms with Crippen LogP contribution in [-0.2, 0) is 50.7 Å². The molecule has 3 heterocycles. The van der Waals surface area contributed by atoms with Crippen LogP contribution in [0.1, 0.15) is 52.7 Å². The summed E-state index contributed by atoms with van der Waals surface area (Å²) in [5.74, 6) is -1.28. The number of aromatic nitrogens is 4. The van der Waals surface area contributed by atoms with E-state index in [1.807, 2.05) is 19.1 Å². The van der Waals surface area contributed by atoms with Crippen molar-refractivity contribution in [1.29, 1.82) is 0 Å². The first-order chi connectivity index (χ1) is 27.9. The van der Waals surface area contributed by atoms with Gasteiger partial charge < -0.3 is 56.0 Å². The van der Waals surface area contributed by atoms with E-state index in [4.69, 9.17) is 19.5 Å². The van der Waals surface area contributed by atoms with Crippen LogP contribution in [0.15, 0.2) is 37.0 Å². The molecule has 60 heavy (non-hydrogen) atoms. The molecule has 8 unspecified atom stereocenters. The number of aliphatic hydroxyl groups excluding tert-OH is 3. The molecular formula is C31H50N7O18P3S. The van der Waals surface area contributed by atoms with Crippen molar-refractivity contribution in [2.75, 3.05) is 37.8 Å². The summed E-state index contributed by atoms with van der Waals surface area (Å²) < 4.78 is 62.2. The minimum atomic E-state index is -5.58. The van der Waals surface area contributed by atoms with E-state index >= 15 is 0 Å². The third-order valence-corrected chi connectivity index (χ3v) is 12.2. The number of aliphatic hydroxyl groups is 3. The van der Waals surface area contributed by atoms with Gasteiger partial charge in [-0.1, -0.05) is 56.8 Å². The number of amides is 2. The zero-order chi connectivity index (χ0) is 44.9. The third-order valence-electron chi connectivity index (χ3n) is 8.19. The number of nitrogen functional groups attached to an aromatic ring is 1. The molecule has 8 atom stereocenters. The highest BCUT2D eigenvalue weighted by Crippen LogP contribution is 2.61. The van der Waals surface area contributed by atoms with E-state index in [1.54, 1.807) is 12.2 Å². The van der Waals surface area contributed by atoms with E-state index in [0.29, 0.717) is 6.42 Å². The molecule has 1 aliphatic rings. The number of rotatable bonds is 25. The fraction of sp³-hybridized carbons (Fsp3) is 0.613. The molecular weight excluding hydrogens is 883 g/mol. The highest BCUT2D eigenvalue weighted by atomic mass is 32.2. The molecule has 0 aliphatic carbocycles. The summed E-state index contributed by atoms with van der Waals surface area (Å²) in [5.41, 5.74) is 4.23. The average molecular weight is 934 g/mol. The molecule has 2 amide bonds. The van der Waals surface area contributed by atoms with Gasteiger partial charge in [0, 0.05) is 37.1 Å². The van der Waals surface area contributed by atoms with Crippen molar-refractivity contribution in [3.63, 3.8) is 0 Å². The van der Waals surface area contributed by atoms with Crippen LogP contribution in [-0.4, -0.2) is 134 Å². The van der Waals surface area contributed by atoms with Gasteiger partial charge in [0.05, 0.1) is 25.6 Å². The monoisotopic (exact) mass is 933 g/mol. The number of phosphoric ester groups is 3. The molecule has 338 valence electrons. The molecule has 0 radical (unpaired) electrons. The lowest BCUT2D eigenvalue weighted by Crippen LogP contribution is -2.46. The Morgan fingerprint density at radius 2 is 1.72 bits per heavy atom. The van der Waals surface area contributed by atoms with Gasteiger partial charge in [0.2, 0.25) is 11.8 Å². The summed E-state index contributed by atoms with van der Waals surface area (Å²) in [6.45, 7) is 2.33. The Morgan fingerprint density at radius 3 is 2.40 bits per heavy atom. The first-order valence-electron chi connectivity index (χ1n) is 18.0. The minimum Gasteiger partial charge on any atom is -0.392 e. The molecule has 0 aromatic carbocycles. The first-order valence-corrected chi connectivity index (χ1v) is 23.5. The molecule has 1 fully saturated rings. The predicted octanol–water partition coefficient (Wildman–Crippen LogP) is 0.328. The lowest BCUT2D eigenvalue weighted by molar-refractivity contribution is -0.137. The van der Waals surface area contributed by atoms with E-state index in [0.717, 1.165) is 35.4 Å². The van der Waals surface area contributed by atoms with Crippen LogP contribution in [0.5, 0.6) is 0 Å². The van der Waals surface area contributed by atoms with E-state index in [2.05, 4.69) is 34.4 Å². The van der Waals surface area contributed by atoms with Crippen molar-refractivity contribution >= 4 is 69.1 Å². The number of fused-ring (bicyclic) bond motifs is 1. The second kappa shape index (κ2) is 22.9. The number of nitrogens with two attached hydrogens (primary N) is 1. The van der Waals surface area contributed by atoms with Crippen LogP contribution in [0.2, 0.25) is 0 Å². The fourth-order valence-corrected chi connectivity index (χ4v) is 8.73. The molecule has 2 aromatic heterocycles. The van der Waals surface area contributed by atoms with Gasteiger partial charge in [0.1, 0.15) is 36.3 Å². The molecule has 1 saturated heterocycles.